The first-order valence-electron chi connectivity index (χ1n) is 9.65. The number of hydrogen-bond acceptors (Lipinski definition) is 5. The van der Waals surface area contributed by atoms with E-state index < -0.39 is 17.7 Å². The van der Waals surface area contributed by atoms with Gasteiger partial charge in [-0.1, -0.05) is 35.6 Å². The van der Waals surface area contributed by atoms with Crippen molar-refractivity contribution in [2.45, 2.75) is 26.9 Å². The van der Waals surface area contributed by atoms with Gasteiger partial charge in [0.2, 0.25) is 0 Å². The predicted octanol–water partition coefficient (Wildman–Crippen LogP) is 6.31. The molecule has 0 fully saturated rings. The molecule has 0 saturated carbocycles. The largest absolute Gasteiger partial charge is 0.433 e. The maximum atomic E-state index is 13.7. The molecule has 0 atom stereocenters. The van der Waals surface area contributed by atoms with Crippen LogP contribution in [0.15, 0.2) is 64.0 Å². The number of hydrazone groups is 1. The molecule has 0 aliphatic heterocycles. The molecule has 2 aromatic carbocycles. The van der Waals surface area contributed by atoms with Crippen molar-refractivity contribution in [2.24, 2.45) is 10.8 Å². The smallest absolute Gasteiger partial charge is 0.389 e. The third-order valence-electron chi connectivity index (χ3n) is 4.74. The van der Waals surface area contributed by atoms with Crippen LogP contribution in [0.25, 0.3) is 5.57 Å². The average molecular weight is 497 g/mol. The highest BCUT2D eigenvalue weighted by Gasteiger charge is 2.41. The Morgan fingerprint density at radius 1 is 1.15 bits per heavy atom. The summed E-state index contributed by atoms with van der Waals surface area (Å²) < 4.78 is 72.0. The second kappa shape index (κ2) is 11.0. The minimum Gasteiger partial charge on any atom is -0.389 e. The molecule has 0 saturated heterocycles. The van der Waals surface area contributed by atoms with E-state index in [0.29, 0.717) is 5.01 Å². The summed E-state index contributed by atoms with van der Waals surface area (Å²) in [5.74, 6) is -1.10. The second-order valence-corrected chi connectivity index (χ2v) is 7.46. The first kappa shape index (κ1) is 26.7. The van der Waals surface area contributed by atoms with Crippen molar-refractivity contribution >= 4 is 35.2 Å². The second-order valence-electron chi connectivity index (χ2n) is 7.02. The van der Waals surface area contributed by atoms with E-state index in [0.717, 1.165) is 36.4 Å². The van der Waals surface area contributed by atoms with Crippen LogP contribution in [0.5, 0.6) is 0 Å². The molecule has 0 aliphatic rings. The number of hydrogen-bond donors (Lipinski definition) is 1. The molecule has 0 bridgehead atoms. The Labute approximate surface area is 198 Å². The van der Waals surface area contributed by atoms with Crippen LogP contribution in [0.3, 0.4) is 0 Å². The molecule has 0 radical (unpaired) electrons. The van der Waals surface area contributed by atoms with Gasteiger partial charge >= 0.3 is 6.18 Å². The third-order valence-corrected chi connectivity index (χ3v) is 4.96. The van der Waals surface area contributed by atoms with E-state index in [1.807, 2.05) is 13.0 Å². The fraction of sp³-hybridized carbons (Fsp3) is 0.174. The van der Waals surface area contributed by atoms with Crippen LogP contribution in [0.4, 0.5) is 27.6 Å². The lowest BCUT2D eigenvalue weighted by Gasteiger charge is -2.25. The maximum Gasteiger partial charge on any atom is 0.433 e. The zero-order valence-corrected chi connectivity index (χ0v) is 19.3. The number of anilines is 1. The lowest BCUT2D eigenvalue weighted by atomic mass is 10.1. The monoisotopic (exact) mass is 496 g/mol. The quantitative estimate of drug-likeness (QED) is 0.194. The zero-order chi connectivity index (χ0) is 25.6. The van der Waals surface area contributed by atoms with Crippen LogP contribution < -0.4 is 10.7 Å². The molecular weight excluding hydrogens is 475 g/mol. The molecule has 1 aromatic heterocycles. The highest BCUT2D eigenvalue weighted by molar-refractivity contribution is 7.80. The first-order chi connectivity index (χ1) is 15.9. The average Bonchev–Trinajstić information content (AvgIpc) is 3.25. The Bertz CT molecular complexity index is 1200. The van der Waals surface area contributed by atoms with E-state index in [2.05, 4.69) is 17.0 Å². The highest BCUT2D eigenvalue weighted by atomic mass is 32.1. The fourth-order valence-corrected chi connectivity index (χ4v) is 3.03. The van der Waals surface area contributed by atoms with E-state index >= 15 is 0 Å². The minimum atomic E-state index is -4.86. The van der Waals surface area contributed by atoms with Crippen molar-refractivity contribution in [2.75, 3.05) is 5.01 Å². The van der Waals surface area contributed by atoms with Crippen LogP contribution in [-0.4, -0.2) is 23.0 Å². The molecule has 3 rings (SSSR count). The molecule has 0 unspecified atom stereocenters. The van der Waals surface area contributed by atoms with Gasteiger partial charge in [0.25, 0.3) is 0 Å². The Morgan fingerprint density at radius 2 is 1.79 bits per heavy atom. The summed E-state index contributed by atoms with van der Waals surface area (Å²) in [4.78, 5) is -0.180. The van der Waals surface area contributed by atoms with E-state index in [4.69, 9.17) is 22.5 Å². The normalized spacial score (nSPS) is 11.8. The van der Waals surface area contributed by atoms with Gasteiger partial charge in [0.1, 0.15) is 16.6 Å². The van der Waals surface area contributed by atoms with Crippen LogP contribution in [0, 0.1) is 25.5 Å². The third kappa shape index (κ3) is 6.25. The lowest BCUT2D eigenvalue weighted by Crippen LogP contribution is -2.29. The molecule has 2 N–H and O–H groups in total. The Hall–Kier alpha value is -3.60. The number of benzene rings is 2. The molecule has 0 amide bonds. The number of nitrogens with zero attached hydrogens (tertiary/aromatic N) is 3. The number of alkyl halides is 3. The minimum absolute atomic E-state index is 0.0394. The van der Waals surface area contributed by atoms with Gasteiger partial charge in [0.15, 0.2) is 11.5 Å². The summed E-state index contributed by atoms with van der Waals surface area (Å²) >= 11 is 4.78. The van der Waals surface area contributed by atoms with Gasteiger partial charge in [-0.05, 0) is 56.2 Å². The van der Waals surface area contributed by atoms with Gasteiger partial charge in [0.05, 0.1) is 17.4 Å². The standard InChI is InChI=1S/C15H12F4N4OS.C8H9F/c1-8(12-11(14(20)25)7-22-24-12)13(15(17,18)19)23(21-2)10-5-3-4-9(16)6-10;1-6-4-3-5-8(9)7(6)2/h3-7H,2H2,1H3,(H2,20,25);3-5H,1-2H3/b13-8+;. The summed E-state index contributed by atoms with van der Waals surface area (Å²) in [6.45, 7) is 7.97. The van der Waals surface area contributed by atoms with Crippen molar-refractivity contribution in [1.82, 2.24) is 5.16 Å². The lowest BCUT2D eigenvalue weighted by molar-refractivity contribution is -0.0928. The number of nitrogens with two attached hydrogens (primary N) is 1. The van der Waals surface area contributed by atoms with E-state index in [9.17, 15) is 22.0 Å². The summed E-state index contributed by atoms with van der Waals surface area (Å²) in [5.41, 5.74) is 5.48. The molecule has 0 spiro atoms. The van der Waals surface area contributed by atoms with Crippen LogP contribution in [0.2, 0.25) is 0 Å². The van der Waals surface area contributed by atoms with Gasteiger partial charge in [-0.3, -0.25) is 0 Å². The number of aromatic nitrogens is 1. The molecule has 0 aliphatic carbocycles. The Morgan fingerprint density at radius 3 is 2.29 bits per heavy atom. The summed E-state index contributed by atoms with van der Waals surface area (Å²) in [6, 6.07) is 9.59. The van der Waals surface area contributed by atoms with E-state index in [1.165, 1.54) is 18.2 Å². The molecule has 11 heteroatoms. The molecule has 34 heavy (non-hydrogen) atoms. The van der Waals surface area contributed by atoms with Gasteiger partial charge in [0, 0.05) is 12.3 Å². The van der Waals surface area contributed by atoms with Crippen LogP contribution in [-0.2, 0) is 0 Å². The zero-order valence-electron chi connectivity index (χ0n) is 18.5. The number of thiocarbonyl (C=S) groups is 1. The van der Waals surface area contributed by atoms with Crippen molar-refractivity contribution in [3.05, 3.63) is 88.4 Å². The number of rotatable bonds is 5. The first-order valence-corrected chi connectivity index (χ1v) is 10.1. The van der Waals surface area contributed by atoms with Gasteiger partial charge in [-0.2, -0.15) is 18.3 Å². The van der Waals surface area contributed by atoms with Crippen LogP contribution >= 0.6 is 12.2 Å². The molecule has 1 heterocycles. The maximum absolute atomic E-state index is 13.7. The number of allylic oxidation sites excluding steroid dienone is 2. The van der Waals surface area contributed by atoms with Crippen molar-refractivity contribution in [3.63, 3.8) is 0 Å². The molecular formula is C23H21F5N4OS. The number of halogens is 5. The summed E-state index contributed by atoms with van der Waals surface area (Å²) in [5, 5.41) is 7.28. The molecule has 3 aromatic rings. The predicted molar refractivity (Wildman–Crippen MR) is 125 cm³/mol. The van der Waals surface area contributed by atoms with Gasteiger partial charge < -0.3 is 10.3 Å². The molecule has 180 valence electrons. The van der Waals surface area contributed by atoms with E-state index in [1.54, 1.807) is 13.0 Å². The number of aryl methyl sites for hydroxylation is 1. The van der Waals surface area contributed by atoms with Crippen molar-refractivity contribution in [3.8, 4) is 0 Å². The fourth-order valence-electron chi connectivity index (χ4n) is 2.89. The van der Waals surface area contributed by atoms with Crippen LogP contribution in [0.1, 0.15) is 29.4 Å². The topological polar surface area (TPSA) is 67.7 Å². The van der Waals surface area contributed by atoms with Gasteiger partial charge in [-0.25, -0.2) is 13.8 Å². The Balaban J connectivity index is 0.000000379. The SMILES string of the molecule is C=NN(/C(=C(\C)c1oncc1C(N)=S)C(F)(F)F)c1cccc(F)c1.Cc1cccc(F)c1C. The summed E-state index contributed by atoms with van der Waals surface area (Å²) in [6.07, 6.45) is -3.75. The van der Waals surface area contributed by atoms with E-state index in [-0.39, 0.29) is 33.4 Å². The van der Waals surface area contributed by atoms with Crippen molar-refractivity contribution in [1.29, 1.82) is 0 Å². The summed E-state index contributed by atoms with van der Waals surface area (Å²) in [7, 11) is 0. The Kier molecular flexibility index (Phi) is 8.63. The molecule has 5 nitrogen and oxygen atoms in total. The van der Waals surface area contributed by atoms with Crippen molar-refractivity contribution < 1.29 is 26.5 Å². The highest BCUT2D eigenvalue weighted by Crippen LogP contribution is 2.38. The van der Waals surface area contributed by atoms with Gasteiger partial charge in [-0.15, -0.1) is 0 Å².